The quantitative estimate of drug-likeness (QED) is 0.306. The zero-order valence-corrected chi connectivity index (χ0v) is 23.9. The van der Waals surface area contributed by atoms with Gasteiger partial charge in [-0.2, -0.15) is 4.98 Å². The molecule has 0 saturated heterocycles. The molecule has 0 aliphatic heterocycles. The van der Waals surface area contributed by atoms with Crippen LogP contribution in [-0.2, 0) is 29.0 Å². The third kappa shape index (κ3) is 7.91. The first kappa shape index (κ1) is 29.3. The molecule has 0 saturated carbocycles. The molecule has 0 spiro atoms. The van der Waals surface area contributed by atoms with E-state index in [1.165, 1.54) is 0 Å². The van der Waals surface area contributed by atoms with E-state index < -0.39 is 23.4 Å². The lowest BCUT2D eigenvalue weighted by Gasteiger charge is -2.24. The Balaban J connectivity index is 1.57. The van der Waals surface area contributed by atoms with Crippen LogP contribution in [0.2, 0.25) is 0 Å². The highest BCUT2D eigenvalue weighted by Crippen LogP contribution is 2.21. The monoisotopic (exact) mass is 557 g/mol. The number of hydrogen-bond donors (Lipinski definition) is 2. The lowest BCUT2D eigenvalue weighted by Crippen LogP contribution is -2.42. The largest absolute Gasteiger partial charge is 0.444 e. The van der Waals surface area contributed by atoms with Gasteiger partial charge in [0.2, 0.25) is 5.91 Å². The highest BCUT2D eigenvalue weighted by molar-refractivity contribution is 5.85. The summed E-state index contributed by atoms with van der Waals surface area (Å²) >= 11 is 0. The number of carbonyl (C=O) groups excluding carboxylic acids is 2. The molecule has 41 heavy (non-hydrogen) atoms. The maximum atomic E-state index is 13.6. The minimum Gasteiger partial charge on any atom is -0.444 e. The van der Waals surface area contributed by atoms with Crippen LogP contribution in [0.25, 0.3) is 10.9 Å². The van der Waals surface area contributed by atoms with E-state index in [1.54, 1.807) is 64.2 Å². The van der Waals surface area contributed by atoms with Crippen molar-refractivity contribution in [3.05, 3.63) is 99.7 Å². The highest BCUT2D eigenvalue weighted by Gasteiger charge is 2.25. The number of aromatic nitrogens is 2. The Hall–Kier alpha value is -4.73. The molecule has 2 aromatic heterocycles. The van der Waals surface area contributed by atoms with Crippen molar-refractivity contribution in [1.82, 2.24) is 20.2 Å². The summed E-state index contributed by atoms with van der Waals surface area (Å²) in [6, 6.07) is 16.0. The number of rotatable bonds is 9. The van der Waals surface area contributed by atoms with Gasteiger partial charge in [-0.25, -0.2) is 9.59 Å². The fourth-order valence-corrected chi connectivity index (χ4v) is 4.41. The van der Waals surface area contributed by atoms with E-state index >= 15 is 0 Å². The van der Waals surface area contributed by atoms with Gasteiger partial charge in [0.05, 0.1) is 10.9 Å². The number of fused-ring (bicyclic) bond motifs is 1. The molecule has 10 nitrogen and oxygen atoms in total. The van der Waals surface area contributed by atoms with E-state index in [-0.39, 0.29) is 18.5 Å². The van der Waals surface area contributed by atoms with E-state index in [0.717, 1.165) is 16.7 Å². The SMILES string of the molecule is Cc1c(CNC(=O)OC(C)(C)C)ccc2nc(NC(Cc3ccccc3)C(=O)N(C)Cc3cccnc3)oc(=O)c12. The first-order valence-electron chi connectivity index (χ1n) is 13.3. The second-order valence-electron chi connectivity index (χ2n) is 10.8. The maximum absolute atomic E-state index is 13.6. The summed E-state index contributed by atoms with van der Waals surface area (Å²) in [6.07, 6.45) is 3.20. The molecule has 4 rings (SSSR count). The topological polar surface area (TPSA) is 127 Å². The molecule has 2 aromatic carbocycles. The van der Waals surface area contributed by atoms with Crippen molar-refractivity contribution >= 4 is 28.9 Å². The minimum absolute atomic E-state index is 0.0504. The third-order valence-corrected chi connectivity index (χ3v) is 6.39. The van der Waals surface area contributed by atoms with Crippen LogP contribution >= 0.6 is 0 Å². The Morgan fingerprint density at radius 2 is 1.78 bits per heavy atom. The Bertz CT molecular complexity index is 1570. The van der Waals surface area contributed by atoms with Gasteiger partial charge in [-0.3, -0.25) is 9.78 Å². The Kier molecular flexibility index (Phi) is 9.01. The zero-order valence-electron chi connectivity index (χ0n) is 23.9. The first-order valence-corrected chi connectivity index (χ1v) is 13.3. The molecule has 4 aromatic rings. The number of ether oxygens (including phenoxy) is 1. The number of nitrogens with zero attached hydrogens (tertiary/aromatic N) is 3. The van der Waals surface area contributed by atoms with Crippen LogP contribution < -0.4 is 16.3 Å². The number of amides is 2. The van der Waals surface area contributed by atoms with Crippen molar-refractivity contribution in [2.24, 2.45) is 0 Å². The van der Waals surface area contributed by atoms with Crippen LogP contribution in [0.15, 0.2) is 76.2 Å². The predicted molar refractivity (Wildman–Crippen MR) is 156 cm³/mol. The standard InChI is InChI=1S/C31H35N5O5/c1-20-23(18-33-30(39)41-31(2,3)4)13-14-24-26(20)28(38)40-29(34-24)35-25(16-21-10-7-6-8-11-21)27(37)36(5)19-22-12-9-15-32-17-22/h6-15,17,25H,16,18-19H2,1-5H3,(H,33,39)(H,34,35). The molecule has 2 N–H and O–H groups in total. The molecule has 2 amide bonds. The predicted octanol–water partition coefficient (Wildman–Crippen LogP) is 4.60. The summed E-state index contributed by atoms with van der Waals surface area (Å²) in [5.41, 5.74) is 2.40. The van der Waals surface area contributed by atoms with Crippen molar-refractivity contribution in [1.29, 1.82) is 0 Å². The molecule has 0 radical (unpaired) electrons. The Labute approximate surface area is 238 Å². The summed E-state index contributed by atoms with van der Waals surface area (Å²) in [5.74, 6) is -0.193. The molecule has 0 fully saturated rings. The number of hydrogen-bond acceptors (Lipinski definition) is 8. The maximum Gasteiger partial charge on any atom is 0.407 e. The van der Waals surface area contributed by atoms with Gasteiger partial charge >= 0.3 is 11.7 Å². The first-order chi connectivity index (χ1) is 19.5. The normalized spacial score (nSPS) is 12.0. The van der Waals surface area contributed by atoms with E-state index in [2.05, 4.69) is 20.6 Å². The minimum atomic E-state index is -0.745. The molecular formula is C31H35N5O5. The number of carbonyl (C=O) groups is 2. The second kappa shape index (κ2) is 12.6. The van der Waals surface area contributed by atoms with Gasteiger partial charge in [0.25, 0.3) is 6.01 Å². The lowest BCUT2D eigenvalue weighted by molar-refractivity contribution is -0.131. The van der Waals surface area contributed by atoms with Crippen molar-refractivity contribution in [3.8, 4) is 0 Å². The molecule has 1 unspecified atom stereocenters. The zero-order chi connectivity index (χ0) is 29.6. The summed E-state index contributed by atoms with van der Waals surface area (Å²) in [7, 11) is 1.72. The number of alkyl carbamates (subject to hydrolysis) is 1. The highest BCUT2D eigenvalue weighted by atomic mass is 16.6. The van der Waals surface area contributed by atoms with Crippen molar-refractivity contribution in [2.75, 3.05) is 12.4 Å². The van der Waals surface area contributed by atoms with Gasteiger partial charge in [-0.1, -0.05) is 42.5 Å². The summed E-state index contributed by atoms with van der Waals surface area (Å²) in [6.45, 7) is 7.67. The molecule has 2 heterocycles. The van der Waals surface area contributed by atoms with Crippen LogP contribution in [0.3, 0.4) is 0 Å². The van der Waals surface area contributed by atoms with E-state index in [0.29, 0.717) is 29.4 Å². The number of aryl methyl sites for hydroxylation is 1. The number of likely N-dealkylation sites (N-methyl/N-ethyl adjacent to an activating group) is 1. The molecule has 0 bridgehead atoms. The summed E-state index contributed by atoms with van der Waals surface area (Å²) in [5, 5.41) is 6.08. The van der Waals surface area contributed by atoms with Crippen LogP contribution in [0.5, 0.6) is 0 Å². The van der Waals surface area contributed by atoms with Gasteiger partial charge in [-0.05, 0) is 62.1 Å². The molecule has 0 aliphatic carbocycles. The molecule has 0 aliphatic rings. The summed E-state index contributed by atoms with van der Waals surface area (Å²) < 4.78 is 10.9. The Morgan fingerprint density at radius 1 is 1.05 bits per heavy atom. The molecule has 1 atom stereocenters. The van der Waals surface area contributed by atoms with Crippen LogP contribution in [0.1, 0.15) is 43.0 Å². The summed E-state index contributed by atoms with van der Waals surface area (Å²) in [4.78, 5) is 49.0. The average molecular weight is 558 g/mol. The van der Waals surface area contributed by atoms with E-state index in [9.17, 15) is 14.4 Å². The molecule has 10 heteroatoms. The second-order valence-corrected chi connectivity index (χ2v) is 10.8. The van der Waals surface area contributed by atoms with Gasteiger partial charge in [-0.15, -0.1) is 0 Å². The van der Waals surface area contributed by atoms with Crippen LogP contribution in [0, 0.1) is 6.92 Å². The van der Waals surface area contributed by atoms with Crippen LogP contribution in [0.4, 0.5) is 10.8 Å². The fourth-order valence-electron chi connectivity index (χ4n) is 4.41. The van der Waals surface area contributed by atoms with Crippen molar-refractivity contribution in [2.45, 2.75) is 58.8 Å². The number of benzene rings is 2. The third-order valence-electron chi connectivity index (χ3n) is 6.39. The van der Waals surface area contributed by atoms with Gasteiger partial charge in [0.15, 0.2) is 0 Å². The van der Waals surface area contributed by atoms with Gasteiger partial charge < -0.3 is 24.7 Å². The van der Waals surface area contributed by atoms with Crippen molar-refractivity contribution < 1.29 is 18.7 Å². The lowest BCUT2D eigenvalue weighted by atomic mass is 10.0. The Morgan fingerprint density at radius 3 is 2.46 bits per heavy atom. The van der Waals surface area contributed by atoms with E-state index in [4.69, 9.17) is 9.15 Å². The number of anilines is 1. The number of nitrogens with one attached hydrogen (secondary N) is 2. The van der Waals surface area contributed by atoms with Crippen LogP contribution in [-0.4, -0.2) is 45.6 Å². The van der Waals surface area contributed by atoms with Gasteiger partial charge in [0, 0.05) is 39.0 Å². The van der Waals surface area contributed by atoms with Gasteiger partial charge in [0.1, 0.15) is 11.6 Å². The average Bonchev–Trinajstić information content (AvgIpc) is 2.92. The fraction of sp³-hybridized carbons (Fsp3) is 0.323. The van der Waals surface area contributed by atoms with Crippen molar-refractivity contribution in [3.63, 3.8) is 0 Å². The molecular weight excluding hydrogens is 522 g/mol. The molecule has 214 valence electrons. The smallest absolute Gasteiger partial charge is 0.407 e. The van der Waals surface area contributed by atoms with E-state index in [1.807, 2.05) is 42.5 Å². The number of pyridine rings is 1.